The summed E-state index contributed by atoms with van der Waals surface area (Å²) in [5.74, 6) is 0.105. The van der Waals surface area contributed by atoms with Crippen LogP contribution in [0.25, 0.3) is 0 Å². The molecule has 0 spiro atoms. The molecule has 0 unspecified atom stereocenters. The van der Waals surface area contributed by atoms with Gasteiger partial charge in [0, 0.05) is 11.8 Å². The molecule has 3 nitrogen and oxygen atoms in total. The first-order valence-electron chi connectivity index (χ1n) is 7.04. The zero-order valence-electron chi connectivity index (χ0n) is 12.4. The third-order valence-electron chi connectivity index (χ3n) is 5.54. The Morgan fingerprint density at radius 3 is 2.53 bits per heavy atom. The van der Waals surface area contributed by atoms with E-state index in [0.717, 1.165) is 24.8 Å². The van der Waals surface area contributed by atoms with Crippen LogP contribution in [0.2, 0.25) is 0 Å². The number of fused-ring (bicyclic) bond motifs is 1. The first-order chi connectivity index (χ1) is 8.75. The number of hydrogen-bond acceptors (Lipinski definition) is 3. The van der Waals surface area contributed by atoms with Crippen LogP contribution < -0.4 is 0 Å². The van der Waals surface area contributed by atoms with Gasteiger partial charge in [-0.25, -0.2) is 0 Å². The zero-order valence-corrected chi connectivity index (χ0v) is 12.4. The lowest BCUT2D eigenvalue weighted by Crippen LogP contribution is -2.55. The Morgan fingerprint density at radius 2 is 1.95 bits per heavy atom. The van der Waals surface area contributed by atoms with Crippen LogP contribution in [-0.4, -0.2) is 18.9 Å². The predicted molar refractivity (Wildman–Crippen MR) is 73.5 cm³/mol. The Labute approximate surface area is 115 Å². The number of rotatable bonds is 1. The van der Waals surface area contributed by atoms with Gasteiger partial charge in [-0.2, -0.15) is 0 Å². The number of carbonyl (C=O) groups excluding carboxylic acids is 2. The van der Waals surface area contributed by atoms with Crippen molar-refractivity contribution in [2.75, 3.05) is 7.11 Å². The van der Waals surface area contributed by atoms with Crippen LogP contribution in [0.3, 0.4) is 0 Å². The van der Waals surface area contributed by atoms with Crippen LogP contribution in [0.1, 0.15) is 46.5 Å². The SMILES string of the molecule is C=C1CC[C@H]2C(C)(C)C(=O)CC[C@]2(C)[C@@H]1C(=O)OC. The number of methoxy groups -OCH3 is 1. The summed E-state index contributed by atoms with van der Waals surface area (Å²) in [6.45, 7) is 10.3. The molecule has 0 amide bonds. The first kappa shape index (κ1) is 14.3. The van der Waals surface area contributed by atoms with E-state index < -0.39 is 0 Å². The highest BCUT2D eigenvalue weighted by molar-refractivity contribution is 5.86. The van der Waals surface area contributed by atoms with Crippen molar-refractivity contribution in [3.63, 3.8) is 0 Å². The van der Waals surface area contributed by atoms with E-state index in [0.29, 0.717) is 12.2 Å². The summed E-state index contributed by atoms with van der Waals surface area (Å²) in [6.07, 6.45) is 3.08. The van der Waals surface area contributed by atoms with Gasteiger partial charge in [-0.15, -0.1) is 0 Å². The summed E-state index contributed by atoms with van der Waals surface area (Å²) in [5, 5.41) is 0. The second-order valence-corrected chi connectivity index (χ2v) is 6.86. The van der Waals surface area contributed by atoms with Gasteiger partial charge in [0.05, 0.1) is 13.0 Å². The highest BCUT2D eigenvalue weighted by Gasteiger charge is 2.58. The lowest BCUT2D eigenvalue weighted by atomic mass is 9.47. The fourth-order valence-electron chi connectivity index (χ4n) is 4.43. The number of esters is 1. The van der Waals surface area contributed by atoms with E-state index in [2.05, 4.69) is 13.5 Å². The fraction of sp³-hybridized carbons (Fsp3) is 0.750. The number of Topliss-reactive ketones (excluding diaryl/α,β-unsaturated/α-hetero) is 1. The molecule has 2 aliphatic rings. The second-order valence-electron chi connectivity index (χ2n) is 6.86. The lowest BCUT2D eigenvalue weighted by Gasteiger charge is -2.55. The van der Waals surface area contributed by atoms with Gasteiger partial charge in [-0.05, 0) is 30.6 Å². The molecule has 0 aromatic carbocycles. The molecule has 0 aliphatic heterocycles. The van der Waals surface area contributed by atoms with E-state index in [1.807, 2.05) is 13.8 Å². The summed E-state index contributed by atoms with van der Waals surface area (Å²) in [5.41, 5.74) is 0.426. The van der Waals surface area contributed by atoms with Gasteiger partial charge in [0.2, 0.25) is 0 Å². The molecule has 3 atom stereocenters. The van der Waals surface area contributed by atoms with E-state index in [4.69, 9.17) is 4.74 Å². The Bertz CT molecular complexity index is 427. The molecule has 2 fully saturated rings. The van der Waals surface area contributed by atoms with Gasteiger partial charge in [-0.1, -0.05) is 32.9 Å². The van der Waals surface area contributed by atoms with Gasteiger partial charge in [0.25, 0.3) is 0 Å². The van der Waals surface area contributed by atoms with Gasteiger partial charge >= 0.3 is 5.97 Å². The molecule has 0 N–H and O–H groups in total. The number of ketones is 1. The van der Waals surface area contributed by atoms with E-state index >= 15 is 0 Å². The third kappa shape index (κ3) is 1.94. The molecule has 106 valence electrons. The van der Waals surface area contributed by atoms with Crippen molar-refractivity contribution >= 4 is 11.8 Å². The molecule has 0 saturated heterocycles. The Hall–Kier alpha value is -1.12. The number of hydrogen-bond donors (Lipinski definition) is 0. The van der Waals surface area contributed by atoms with Gasteiger partial charge in [0.1, 0.15) is 5.78 Å². The molecule has 19 heavy (non-hydrogen) atoms. The highest BCUT2D eigenvalue weighted by atomic mass is 16.5. The Balaban J connectivity index is 2.45. The Morgan fingerprint density at radius 1 is 1.32 bits per heavy atom. The van der Waals surface area contributed by atoms with E-state index in [1.54, 1.807) is 0 Å². The average Bonchev–Trinajstić information content (AvgIpc) is 2.33. The van der Waals surface area contributed by atoms with E-state index in [9.17, 15) is 9.59 Å². The fourth-order valence-corrected chi connectivity index (χ4v) is 4.43. The van der Waals surface area contributed by atoms with Gasteiger partial charge in [0.15, 0.2) is 0 Å². The summed E-state index contributed by atoms with van der Waals surface area (Å²) >= 11 is 0. The highest BCUT2D eigenvalue weighted by Crippen LogP contribution is 2.59. The summed E-state index contributed by atoms with van der Waals surface area (Å²) < 4.78 is 4.98. The van der Waals surface area contributed by atoms with E-state index in [1.165, 1.54) is 7.11 Å². The molecule has 3 heteroatoms. The molecule has 2 saturated carbocycles. The molecular formula is C16H24O3. The maximum absolute atomic E-state index is 12.2. The smallest absolute Gasteiger partial charge is 0.313 e. The predicted octanol–water partition coefficient (Wildman–Crippen LogP) is 3.14. The average molecular weight is 264 g/mol. The van der Waals surface area contributed by atoms with Crippen molar-refractivity contribution in [3.8, 4) is 0 Å². The summed E-state index contributed by atoms with van der Waals surface area (Å²) in [7, 11) is 1.43. The topological polar surface area (TPSA) is 43.4 Å². The quantitative estimate of drug-likeness (QED) is 0.540. The van der Waals surface area contributed by atoms with Crippen LogP contribution in [0.4, 0.5) is 0 Å². The lowest BCUT2D eigenvalue weighted by molar-refractivity contribution is -0.161. The largest absolute Gasteiger partial charge is 0.469 e. The second kappa shape index (κ2) is 4.46. The molecule has 0 bridgehead atoms. The minimum atomic E-state index is -0.347. The number of ether oxygens (including phenoxy) is 1. The summed E-state index contributed by atoms with van der Waals surface area (Å²) in [4.78, 5) is 24.4. The standard InChI is InChI=1S/C16H24O3/c1-10-6-7-11-15(2,3)12(17)8-9-16(11,4)13(10)14(18)19-5/h11,13H,1,6-9H2,2-5H3/t11-,13-,16-/m0/s1. The Kier molecular flexibility index (Phi) is 3.36. The normalized spacial score (nSPS) is 37.7. The van der Waals surface area contributed by atoms with Crippen LogP contribution in [-0.2, 0) is 14.3 Å². The summed E-state index contributed by atoms with van der Waals surface area (Å²) in [6, 6.07) is 0. The molecule has 2 rings (SSSR count). The van der Waals surface area contributed by atoms with E-state index in [-0.39, 0.29) is 28.6 Å². The molecule has 0 heterocycles. The van der Waals surface area contributed by atoms with Crippen molar-refractivity contribution in [3.05, 3.63) is 12.2 Å². The van der Waals surface area contributed by atoms with Crippen LogP contribution >= 0.6 is 0 Å². The minimum Gasteiger partial charge on any atom is -0.469 e. The minimum absolute atomic E-state index is 0.192. The van der Waals surface area contributed by atoms with Crippen molar-refractivity contribution in [2.24, 2.45) is 22.7 Å². The molecule has 0 aromatic rings. The van der Waals surface area contributed by atoms with Gasteiger partial charge in [-0.3, -0.25) is 9.59 Å². The first-order valence-corrected chi connectivity index (χ1v) is 7.04. The molecule has 0 aromatic heterocycles. The molecule has 2 aliphatic carbocycles. The number of carbonyl (C=O) groups is 2. The monoisotopic (exact) mass is 264 g/mol. The maximum atomic E-state index is 12.2. The zero-order chi connectivity index (χ0) is 14.4. The van der Waals surface area contributed by atoms with Crippen molar-refractivity contribution < 1.29 is 14.3 Å². The maximum Gasteiger partial charge on any atom is 0.313 e. The van der Waals surface area contributed by atoms with Crippen LogP contribution in [0, 0.1) is 22.7 Å². The van der Waals surface area contributed by atoms with Crippen LogP contribution in [0.5, 0.6) is 0 Å². The molecule has 0 radical (unpaired) electrons. The van der Waals surface area contributed by atoms with Crippen molar-refractivity contribution in [1.29, 1.82) is 0 Å². The van der Waals surface area contributed by atoms with Crippen molar-refractivity contribution in [2.45, 2.75) is 46.5 Å². The molecular weight excluding hydrogens is 240 g/mol. The van der Waals surface area contributed by atoms with Crippen molar-refractivity contribution in [1.82, 2.24) is 0 Å². The van der Waals surface area contributed by atoms with Crippen LogP contribution in [0.15, 0.2) is 12.2 Å². The van der Waals surface area contributed by atoms with Gasteiger partial charge < -0.3 is 4.74 Å². The third-order valence-corrected chi connectivity index (χ3v) is 5.54.